The van der Waals surface area contributed by atoms with Crippen molar-refractivity contribution in [2.45, 2.75) is 71.1 Å². The van der Waals surface area contributed by atoms with Gasteiger partial charge >= 0.3 is 17.8 Å². The molecule has 1 atom stereocenters. The van der Waals surface area contributed by atoms with Crippen molar-refractivity contribution in [1.82, 2.24) is 14.4 Å². The van der Waals surface area contributed by atoms with E-state index in [-0.39, 0.29) is 17.9 Å². The van der Waals surface area contributed by atoms with Crippen molar-refractivity contribution in [1.29, 1.82) is 0 Å². The fourth-order valence-electron chi connectivity index (χ4n) is 4.73. The molecule has 0 radical (unpaired) electrons. The Labute approximate surface area is 169 Å². The molecule has 4 amide bonds. The van der Waals surface area contributed by atoms with Gasteiger partial charge in [0.2, 0.25) is 0 Å². The van der Waals surface area contributed by atoms with Gasteiger partial charge < -0.3 is 9.30 Å². The number of imide groups is 2. The second kappa shape index (κ2) is 7.74. The third-order valence-electron chi connectivity index (χ3n) is 6.36. The minimum absolute atomic E-state index is 0.141. The topological polar surface area (TPSA) is 88.9 Å². The Hall–Kier alpha value is -2.48. The minimum atomic E-state index is -0.900. The number of carbonyl (C=O) groups excluding carboxylic acids is 4. The first-order valence-corrected chi connectivity index (χ1v) is 10.4. The summed E-state index contributed by atoms with van der Waals surface area (Å²) in [6.45, 7) is 4.83. The summed E-state index contributed by atoms with van der Waals surface area (Å²) in [4.78, 5) is 52.2. The third-order valence-corrected chi connectivity index (χ3v) is 6.36. The van der Waals surface area contributed by atoms with E-state index in [1.54, 1.807) is 6.07 Å². The van der Waals surface area contributed by atoms with E-state index in [1.807, 2.05) is 18.4 Å². The van der Waals surface area contributed by atoms with Crippen LogP contribution in [0.3, 0.4) is 0 Å². The molecular weight excluding hydrogens is 374 g/mol. The maximum atomic E-state index is 12.9. The molecule has 0 N–H and O–H groups in total. The van der Waals surface area contributed by atoms with Crippen LogP contribution in [-0.2, 0) is 20.9 Å². The molecule has 0 aromatic carbocycles. The summed E-state index contributed by atoms with van der Waals surface area (Å²) in [6, 6.07) is 0.901. The molecule has 1 aliphatic carbocycles. The van der Waals surface area contributed by atoms with Crippen LogP contribution in [0, 0.1) is 13.8 Å². The average Bonchev–Trinajstić information content (AvgIpc) is 3.47. The molecule has 1 saturated carbocycles. The SMILES string of the molecule is Cc1cc(C(=O)CN2C(=O)C(=O)N(C3CCCC3)C2=O)c(C)n1C[C@@H]1CCCO1. The summed E-state index contributed by atoms with van der Waals surface area (Å²) < 4.78 is 7.75. The first-order valence-electron chi connectivity index (χ1n) is 10.4. The smallest absolute Gasteiger partial charge is 0.334 e. The Balaban J connectivity index is 1.49. The van der Waals surface area contributed by atoms with Crippen molar-refractivity contribution in [3.05, 3.63) is 23.0 Å². The van der Waals surface area contributed by atoms with Crippen molar-refractivity contribution in [2.24, 2.45) is 0 Å². The molecule has 8 heteroatoms. The molecule has 2 saturated heterocycles. The van der Waals surface area contributed by atoms with Gasteiger partial charge in [-0.2, -0.15) is 0 Å². The molecule has 29 heavy (non-hydrogen) atoms. The minimum Gasteiger partial charge on any atom is -0.376 e. The van der Waals surface area contributed by atoms with E-state index >= 15 is 0 Å². The molecule has 2 aliphatic heterocycles. The molecule has 8 nitrogen and oxygen atoms in total. The lowest BCUT2D eigenvalue weighted by molar-refractivity contribution is -0.143. The van der Waals surface area contributed by atoms with Gasteiger partial charge in [-0.15, -0.1) is 0 Å². The molecule has 3 fully saturated rings. The van der Waals surface area contributed by atoms with Crippen LogP contribution < -0.4 is 0 Å². The molecule has 0 bridgehead atoms. The van der Waals surface area contributed by atoms with E-state index < -0.39 is 24.4 Å². The monoisotopic (exact) mass is 401 g/mol. The van der Waals surface area contributed by atoms with Crippen LogP contribution in [0.5, 0.6) is 0 Å². The summed E-state index contributed by atoms with van der Waals surface area (Å²) in [5, 5.41) is 0. The molecule has 1 aromatic heterocycles. The fraction of sp³-hybridized carbons (Fsp3) is 0.619. The van der Waals surface area contributed by atoms with Crippen molar-refractivity contribution in [3.63, 3.8) is 0 Å². The number of carbonyl (C=O) groups is 4. The molecule has 0 unspecified atom stereocenters. The van der Waals surface area contributed by atoms with Crippen LogP contribution >= 0.6 is 0 Å². The van der Waals surface area contributed by atoms with Crippen LogP contribution in [-0.4, -0.2) is 63.3 Å². The van der Waals surface area contributed by atoms with Gasteiger partial charge in [0.05, 0.1) is 12.6 Å². The quantitative estimate of drug-likeness (QED) is 0.414. The fourth-order valence-corrected chi connectivity index (χ4v) is 4.73. The van der Waals surface area contributed by atoms with Gasteiger partial charge in [0.25, 0.3) is 0 Å². The number of rotatable bonds is 6. The van der Waals surface area contributed by atoms with E-state index in [0.717, 1.165) is 66.3 Å². The average molecular weight is 401 g/mol. The summed E-state index contributed by atoms with van der Waals surface area (Å²) in [7, 11) is 0. The highest BCUT2D eigenvalue weighted by Crippen LogP contribution is 2.28. The Morgan fingerprint density at radius 3 is 2.45 bits per heavy atom. The molecule has 3 heterocycles. The first kappa shape index (κ1) is 19.8. The van der Waals surface area contributed by atoms with Crippen molar-refractivity contribution < 1.29 is 23.9 Å². The molecular formula is C21H27N3O5. The number of ketones is 1. The Morgan fingerprint density at radius 1 is 1.07 bits per heavy atom. The number of ether oxygens (including phenoxy) is 1. The highest BCUT2D eigenvalue weighted by Gasteiger charge is 2.48. The van der Waals surface area contributed by atoms with Gasteiger partial charge in [0.1, 0.15) is 0 Å². The summed E-state index contributed by atoms with van der Waals surface area (Å²) in [6.07, 6.45) is 5.49. The van der Waals surface area contributed by atoms with E-state index in [1.165, 1.54) is 0 Å². The molecule has 1 aromatic rings. The lowest BCUT2D eigenvalue weighted by Gasteiger charge is -2.20. The second-order valence-corrected chi connectivity index (χ2v) is 8.24. The summed E-state index contributed by atoms with van der Waals surface area (Å²) in [5.74, 6) is -2.04. The zero-order valence-electron chi connectivity index (χ0n) is 17.0. The number of amides is 4. The number of urea groups is 1. The van der Waals surface area contributed by atoms with Gasteiger partial charge in [0.15, 0.2) is 5.78 Å². The first-order chi connectivity index (χ1) is 13.9. The number of aryl methyl sites for hydroxylation is 1. The van der Waals surface area contributed by atoms with Gasteiger partial charge in [0, 0.05) is 36.1 Å². The maximum Gasteiger partial charge on any atom is 0.334 e. The second-order valence-electron chi connectivity index (χ2n) is 8.24. The molecule has 156 valence electrons. The largest absolute Gasteiger partial charge is 0.376 e. The van der Waals surface area contributed by atoms with Crippen LogP contribution in [0.4, 0.5) is 4.79 Å². The van der Waals surface area contributed by atoms with Crippen molar-refractivity contribution in [3.8, 4) is 0 Å². The van der Waals surface area contributed by atoms with Gasteiger partial charge in [-0.1, -0.05) is 12.8 Å². The summed E-state index contributed by atoms with van der Waals surface area (Å²) >= 11 is 0. The number of hydrogen-bond acceptors (Lipinski definition) is 5. The standard InChI is InChI=1S/C21H27N3O5/c1-13-10-17(14(2)22(13)11-16-8-5-9-29-16)18(25)12-23-19(26)20(27)24(21(23)28)15-6-3-4-7-15/h10,15-16H,3-9,11-12H2,1-2H3/t16-/m0/s1. The predicted molar refractivity (Wildman–Crippen MR) is 103 cm³/mol. The van der Waals surface area contributed by atoms with Crippen LogP contribution in [0.25, 0.3) is 0 Å². The van der Waals surface area contributed by atoms with Gasteiger partial charge in [-0.3, -0.25) is 19.3 Å². The van der Waals surface area contributed by atoms with E-state index in [2.05, 4.69) is 0 Å². The lowest BCUT2D eigenvalue weighted by Crippen LogP contribution is -2.41. The van der Waals surface area contributed by atoms with Crippen molar-refractivity contribution >= 4 is 23.6 Å². The van der Waals surface area contributed by atoms with Gasteiger partial charge in [-0.05, 0) is 45.6 Å². The molecule has 0 spiro atoms. The Bertz CT molecular complexity index is 862. The molecule has 3 aliphatic rings. The predicted octanol–water partition coefficient (Wildman–Crippen LogP) is 2.20. The van der Waals surface area contributed by atoms with Crippen LogP contribution in [0.15, 0.2) is 6.07 Å². The zero-order valence-corrected chi connectivity index (χ0v) is 17.0. The maximum absolute atomic E-state index is 12.9. The number of hydrogen-bond donors (Lipinski definition) is 0. The van der Waals surface area contributed by atoms with E-state index in [9.17, 15) is 19.2 Å². The normalized spacial score (nSPS) is 23.1. The summed E-state index contributed by atoms with van der Waals surface area (Å²) in [5.41, 5.74) is 2.21. The number of aromatic nitrogens is 1. The van der Waals surface area contributed by atoms with Crippen LogP contribution in [0.2, 0.25) is 0 Å². The Kier molecular flexibility index (Phi) is 5.29. The number of Topliss-reactive ketones (excluding diaryl/α,β-unsaturated/α-hetero) is 1. The van der Waals surface area contributed by atoms with Gasteiger partial charge in [-0.25, -0.2) is 9.69 Å². The van der Waals surface area contributed by atoms with Crippen molar-refractivity contribution in [2.75, 3.05) is 13.2 Å². The van der Waals surface area contributed by atoms with E-state index in [0.29, 0.717) is 12.1 Å². The third kappa shape index (κ3) is 3.50. The zero-order chi connectivity index (χ0) is 20.7. The number of nitrogens with zero attached hydrogens (tertiary/aromatic N) is 3. The lowest BCUT2D eigenvalue weighted by atomic mass is 10.1. The molecule has 4 rings (SSSR count). The Morgan fingerprint density at radius 2 is 1.79 bits per heavy atom. The highest BCUT2D eigenvalue weighted by atomic mass is 16.5. The van der Waals surface area contributed by atoms with Crippen LogP contribution in [0.1, 0.15) is 60.3 Å². The highest BCUT2D eigenvalue weighted by molar-refractivity contribution is 6.45. The van der Waals surface area contributed by atoms with E-state index in [4.69, 9.17) is 4.74 Å².